The smallest absolute Gasteiger partial charge is 0.129 e. The molecule has 0 spiro atoms. The highest BCUT2D eigenvalue weighted by atomic mass is 16.3. The molecule has 0 unspecified atom stereocenters. The number of para-hydroxylation sites is 1. The first-order valence-electron chi connectivity index (χ1n) is 6.92. The molecule has 1 fully saturated rings. The Balaban J connectivity index is 1.77. The van der Waals surface area contributed by atoms with Crippen molar-refractivity contribution in [2.75, 3.05) is 23.7 Å². The molecule has 1 saturated heterocycles. The molecule has 1 aliphatic rings. The van der Waals surface area contributed by atoms with Crippen LogP contribution in [0.3, 0.4) is 0 Å². The first-order valence-corrected chi connectivity index (χ1v) is 6.92. The van der Waals surface area contributed by atoms with Crippen LogP contribution in [0.15, 0.2) is 48.7 Å². The number of benzene rings is 1. The van der Waals surface area contributed by atoms with Crippen molar-refractivity contribution in [3.63, 3.8) is 0 Å². The fourth-order valence-electron chi connectivity index (χ4n) is 2.85. The zero-order chi connectivity index (χ0) is 14.0. The standard InChI is InChI=1S/C16H19N3O/c17-15-14(7-4-10-18-15)16(20)8-11-19(12-9-16)13-5-2-1-3-6-13/h1-7,10,20H,8-9,11-12H2,(H2,17,18). The number of pyridine rings is 1. The summed E-state index contributed by atoms with van der Waals surface area (Å²) in [6, 6.07) is 14.0. The van der Waals surface area contributed by atoms with Crippen LogP contribution >= 0.6 is 0 Å². The second kappa shape index (κ2) is 5.13. The molecule has 3 rings (SSSR count). The average molecular weight is 269 g/mol. The van der Waals surface area contributed by atoms with Crippen molar-refractivity contribution < 1.29 is 5.11 Å². The van der Waals surface area contributed by atoms with Crippen LogP contribution in [-0.4, -0.2) is 23.2 Å². The number of hydrogen-bond donors (Lipinski definition) is 2. The molecule has 3 N–H and O–H groups in total. The molecule has 2 aromatic rings. The molecule has 1 aromatic heterocycles. The molecule has 1 aliphatic heterocycles. The quantitative estimate of drug-likeness (QED) is 0.877. The van der Waals surface area contributed by atoms with E-state index in [1.807, 2.05) is 30.3 Å². The maximum absolute atomic E-state index is 10.8. The van der Waals surface area contributed by atoms with E-state index in [-0.39, 0.29) is 0 Å². The summed E-state index contributed by atoms with van der Waals surface area (Å²) in [6.45, 7) is 1.63. The number of aromatic nitrogens is 1. The van der Waals surface area contributed by atoms with Crippen molar-refractivity contribution in [2.24, 2.45) is 0 Å². The molecule has 0 saturated carbocycles. The number of rotatable bonds is 2. The van der Waals surface area contributed by atoms with Gasteiger partial charge in [0.1, 0.15) is 5.82 Å². The molecule has 0 aliphatic carbocycles. The van der Waals surface area contributed by atoms with E-state index in [1.165, 1.54) is 5.69 Å². The van der Waals surface area contributed by atoms with E-state index < -0.39 is 5.60 Å². The van der Waals surface area contributed by atoms with E-state index in [0.717, 1.165) is 18.7 Å². The SMILES string of the molecule is Nc1ncccc1C1(O)CCN(c2ccccc2)CC1. The summed E-state index contributed by atoms with van der Waals surface area (Å²) in [4.78, 5) is 6.37. The Hall–Kier alpha value is -2.07. The zero-order valence-electron chi connectivity index (χ0n) is 11.4. The minimum absolute atomic E-state index is 0.433. The summed E-state index contributed by atoms with van der Waals surface area (Å²) in [5.74, 6) is 0.433. The van der Waals surface area contributed by atoms with Gasteiger partial charge in [-0.3, -0.25) is 0 Å². The van der Waals surface area contributed by atoms with Gasteiger partial charge in [-0.1, -0.05) is 24.3 Å². The van der Waals surface area contributed by atoms with E-state index in [2.05, 4.69) is 22.0 Å². The van der Waals surface area contributed by atoms with Gasteiger partial charge in [0.05, 0.1) is 5.60 Å². The van der Waals surface area contributed by atoms with Crippen LogP contribution < -0.4 is 10.6 Å². The number of aliphatic hydroxyl groups is 1. The third-order valence-electron chi connectivity index (χ3n) is 4.05. The lowest BCUT2D eigenvalue weighted by Crippen LogP contribution is -2.43. The topological polar surface area (TPSA) is 62.4 Å². The van der Waals surface area contributed by atoms with Gasteiger partial charge in [-0.25, -0.2) is 4.98 Å². The molecular formula is C16H19N3O. The molecule has 0 bridgehead atoms. The Kier molecular flexibility index (Phi) is 3.32. The number of nitrogens with zero attached hydrogens (tertiary/aromatic N) is 2. The molecule has 4 heteroatoms. The summed E-state index contributed by atoms with van der Waals surface area (Å²) in [5, 5.41) is 10.8. The van der Waals surface area contributed by atoms with Crippen LogP contribution in [0, 0.1) is 0 Å². The van der Waals surface area contributed by atoms with Gasteiger partial charge in [-0.15, -0.1) is 0 Å². The highest BCUT2D eigenvalue weighted by Crippen LogP contribution is 2.36. The van der Waals surface area contributed by atoms with Crippen LogP contribution in [-0.2, 0) is 5.60 Å². The molecule has 1 aromatic carbocycles. The largest absolute Gasteiger partial charge is 0.385 e. The maximum Gasteiger partial charge on any atom is 0.129 e. The molecular weight excluding hydrogens is 250 g/mol. The van der Waals surface area contributed by atoms with E-state index in [4.69, 9.17) is 5.73 Å². The van der Waals surface area contributed by atoms with Crippen molar-refractivity contribution in [1.29, 1.82) is 0 Å². The molecule has 0 atom stereocenters. The van der Waals surface area contributed by atoms with Crippen LogP contribution in [0.1, 0.15) is 18.4 Å². The highest BCUT2D eigenvalue weighted by Gasteiger charge is 2.35. The number of hydrogen-bond acceptors (Lipinski definition) is 4. The van der Waals surface area contributed by atoms with Crippen molar-refractivity contribution >= 4 is 11.5 Å². The summed E-state index contributed by atoms with van der Waals surface area (Å²) < 4.78 is 0. The van der Waals surface area contributed by atoms with E-state index in [1.54, 1.807) is 6.20 Å². The summed E-state index contributed by atoms with van der Waals surface area (Å²) >= 11 is 0. The van der Waals surface area contributed by atoms with E-state index >= 15 is 0 Å². The second-order valence-corrected chi connectivity index (χ2v) is 5.29. The first kappa shape index (κ1) is 12.9. The first-order chi connectivity index (χ1) is 9.69. The highest BCUT2D eigenvalue weighted by molar-refractivity contribution is 5.48. The monoisotopic (exact) mass is 269 g/mol. The predicted molar refractivity (Wildman–Crippen MR) is 80.4 cm³/mol. The summed E-state index contributed by atoms with van der Waals surface area (Å²) in [5.41, 5.74) is 7.00. The second-order valence-electron chi connectivity index (χ2n) is 5.29. The Labute approximate surface area is 118 Å². The fraction of sp³-hybridized carbons (Fsp3) is 0.312. The lowest BCUT2D eigenvalue weighted by Gasteiger charge is -2.39. The van der Waals surface area contributed by atoms with Crippen molar-refractivity contribution in [2.45, 2.75) is 18.4 Å². The Morgan fingerprint density at radius 3 is 2.40 bits per heavy atom. The predicted octanol–water partition coefficient (Wildman–Crippen LogP) is 2.15. The van der Waals surface area contributed by atoms with Gasteiger partial charge in [0.2, 0.25) is 0 Å². The third-order valence-corrected chi connectivity index (χ3v) is 4.05. The van der Waals surface area contributed by atoms with E-state index in [0.29, 0.717) is 18.7 Å². The number of nitrogen functional groups attached to an aromatic ring is 1. The zero-order valence-corrected chi connectivity index (χ0v) is 11.4. The van der Waals surface area contributed by atoms with Crippen molar-refractivity contribution in [1.82, 2.24) is 4.98 Å². The van der Waals surface area contributed by atoms with Crippen molar-refractivity contribution in [3.05, 3.63) is 54.2 Å². The maximum atomic E-state index is 10.8. The lowest BCUT2D eigenvalue weighted by atomic mass is 9.84. The van der Waals surface area contributed by atoms with Gasteiger partial charge in [0.25, 0.3) is 0 Å². The molecule has 0 radical (unpaired) electrons. The van der Waals surface area contributed by atoms with Gasteiger partial charge in [-0.2, -0.15) is 0 Å². The third kappa shape index (κ3) is 2.34. The van der Waals surface area contributed by atoms with Crippen LogP contribution in [0.4, 0.5) is 11.5 Å². The van der Waals surface area contributed by atoms with Crippen LogP contribution in [0.25, 0.3) is 0 Å². The fourth-order valence-corrected chi connectivity index (χ4v) is 2.85. The minimum Gasteiger partial charge on any atom is -0.385 e. The number of anilines is 2. The van der Waals surface area contributed by atoms with Gasteiger partial charge >= 0.3 is 0 Å². The van der Waals surface area contributed by atoms with Gasteiger partial charge in [0, 0.05) is 30.5 Å². The Morgan fingerprint density at radius 1 is 1.05 bits per heavy atom. The summed E-state index contributed by atoms with van der Waals surface area (Å²) in [7, 11) is 0. The van der Waals surface area contributed by atoms with Crippen LogP contribution in [0.5, 0.6) is 0 Å². The molecule has 104 valence electrons. The molecule has 0 amide bonds. The van der Waals surface area contributed by atoms with Crippen LogP contribution in [0.2, 0.25) is 0 Å². The number of nitrogens with two attached hydrogens (primary N) is 1. The van der Waals surface area contributed by atoms with Gasteiger partial charge in [-0.05, 0) is 31.0 Å². The average Bonchev–Trinajstić information content (AvgIpc) is 2.49. The summed E-state index contributed by atoms with van der Waals surface area (Å²) in [6.07, 6.45) is 2.98. The Morgan fingerprint density at radius 2 is 1.75 bits per heavy atom. The normalized spacial score (nSPS) is 17.9. The molecule has 20 heavy (non-hydrogen) atoms. The molecule has 4 nitrogen and oxygen atoms in total. The van der Waals surface area contributed by atoms with Gasteiger partial charge in [0.15, 0.2) is 0 Å². The van der Waals surface area contributed by atoms with E-state index in [9.17, 15) is 5.11 Å². The minimum atomic E-state index is -0.858. The molecule has 2 heterocycles. The Bertz CT molecular complexity index is 577. The van der Waals surface area contributed by atoms with Crippen molar-refractivity contribution in [3.8, 4) is 0 Å². The number of piperidine rings is 1. The lowest BCUT2D eigenvalue weighted by molar-refractivity contribution is 0.0122. The van der Waals surface area contributed by atoms with Gasteiger partial charge < -0.3 is 15.7 Å².